The summed E-state index contributed by atoms with van der Waals surface area (Å²) in [4.78, 5) is 16.3. The molecule has 2 aromatic heterocycles. The normalized spacial score (nSPS) is 12.3. The summed E-state index contributed by atoms with van der Waals surface area (Å²) in [6.45, 7) is 2.56. The van der Waals surface area contributed by atoms with E-state index in [-0.39, 0.29) is 11.9 Å². The third kappa shape index (κ3) is 3.62. The van der Waals surface area contributed by atoms with Crippen molar-refractivity contribution in [1.29, 1.82) is 0 Å². The first kappa shape index (κ1) is 14.2. The molecule has 0 aliphatic rings. The van der Waals surface area contributed by atoms with Gasteiger partial charge in [0.2, 0.25) is 5.91 Å². The summed E-state index contributed by atoms with van der Waals surface area (Å²) in [5, 5.41) is 13.8. The molecule has 0 aliphatic heterocycles. The highest BCUT2D eigenvalue weighted by atomic mass is 16.1. The number of imidazole rings is 1. The van der Waals surface area contributed by atoms with Gasteiger partial charge in [-0.15, -0.1) is 5.10 Å². The molecule has 2 aromatic rings. The number of aryl methyl sites for hydroxylation is 2. The van der Waals surface area contributed by atoms with Gasteiger partial charge in [0, 0.05) is 25.9 Å². The van der Waals surface area contributed by atoms with Crippen LogP contribution in [0.4, 0.5) is 0 Å². The lowest BCUT2D eigenvalue weighted by molar-refractivity contribution is -0.122. The summed E-state index contributed by atoms with van der Waals surface area (Å²) >= 11 is 0. The largest absolute Gasteiger partial charge is 0.346 e. The molecule has 2 heterocycles. The number of nitrogens with one attached hydrogen (secondary N) is 1. The molecule has 0 fully saturated rings. The Morgan fingerprint density at radius 3 is 2.95 bits per heavy atom. The Bertz CT molecular complexity index is 534. The zero-order valence-corrected chi connectivity index (χ0v) is 11.7. The first-order valence-corrected chi connectivity index (χ1v) is 6.68. The van der Waals surface area contributed by atoms with Gasteiger partial charge in [-0.2, -0.15) is 0 Å². The zero-order valence-electron chi connectivity index (χ0n) is 11.7. The summed E-state index contributed by atoms with van der Waals surface area (Å²) in [7, 11) is 1.93. The minimum Gasteiger partial charge on any atom is -0.346 e. The van der Waals surface area contributed by atoms with Crippen LogP contribution in [0.1, 0.15) is 38.1 Å². The molecular formula is C12H19N7O. The van der Waals surface area contributed by atoms with Crippen LogP contribution in [0, 0.1) is 0 Å². The maximum atomic E-state index is 12.0. The van der Waals surface area contributed by atoms with E-state index in [1.54, 1.807) is 6.20 Å². The van der Waals surface area contributed by atoms with Crippen LogP contribution in [0.5, 0.6) is 0 Å². The van der Waals surface area contributed by atoms with Gasteiger partial charge in [0.15, 0.2) is 0 Å². The predicted molar refractivity (Wildman–Crippen MR) is 71.4 cm³/mol. The van der Waals surface area contributed by atoms with Gasteiger partial charge in [-0.25, -0.2) is 9.67 Å². The number of carbonyl (C=O) groups is 1. The van der Waals surface area contributed by atoms with E-state index in [1.165, 1.54) is 11.0 Å². The third-order valence-corrected chi connectivity index (χ3v) is 3.04. The Labute approximate surface area is 117 Å². The van der Waals surface area contributed by atoms with E-state index < -0.39 is 0 Å². The van der Waals surface area contributed by atoms with Crippen LogP contribution in [-0.2, 0) is 18.4 Å². The summed E-state index contributed by atoms with van der Waals surface area (Å²) in [6.07, 6.45) is 7.30. The molecule has 0 aliphatic carbocycles. The average Bonchev–Trinajstić information content (AvgIpc) is 3.07. The summed E-state index contributed by atoms with van der Waals surface area (Å²) < 4.78 is 3.47. The lowest BCUT2D eigenvalue weighted by Gasteiger charge is -2.17. The molecule has 0 radical (unpaired) electrons. The van der Waals surface area contributed by atoms with Crippen molar-refractivity contribution in [2.75, 3.05) is 0 Å². The van der Waals surface area contributed by atoms with E-state index in [1.807, 2.05) is 17.8 Å². The summed E-state index contributed by atoms with van der Waals surface area (Å²) in [6, 6.07) is -0.0543. The Balaban J connectivity index is 1.91. The fourth-order valence-electron chi connectivity index (χ4n) is 2.03. The van der Waals surface area contributed by atoms with E-state index in [0.29, 0.717) is 13.0 Å². The average molecular weight is 277 g/mol. The molecule has 0 bridgehead atoms. The number of nitrogens with zero attached hydrogens (tertiary/aromatic N) is 6. The highest BCUT2D eigenvalue weighted by Gasteiger charge is 2.17. The third-order valence-electron chi connectivity index (χ3n) is 3.04. The fraction of sp³-hybridized carbons (Fsp3) is 0.583. The van der Waals surface area contributed by atoms with Crippen molar-refractivity contribution >= 4 is 5.91 Å². The molecule has 0 spiro atoms. The molecule has 0 aromatic carbocycles. The monoisotopic (exact) mass is 277 g/mol. The number of hydrogen-bond donors (Lipinski definition) is 1. The van der Waals surface area contributed by atoms with Crippen molar-refractivity contribution in [3.8, 4) is 0 Å². The zero-order chi connectivity index (χ0) is 14.4. The lowest BCUT2D eigenvalue weighted by Crippen LogP contribution is -2.30. The first-order valence-electron chi connectivity index (χ1n) is 6.68. The summed E-state index contributed by atoms with van der Waals surface area (Å²) in [5.41, 5.74) is 0. The Kier molecular flexibility index (Phi) is 4.80. The molecule has 1 atom stereocenters. The van der Waals surface area contributed by atoms with Gasteiger partial charge in [-0.1, -0.05) is 13.3 Å². The maximum absolute atomic E-state index is 12.0. The molecule has 8 heteroatoms. The van der Waals surface area contributed by atoms with Gasteiger partial charge in [0.1, 0.15) is 12.2 Å². The van der Waals surface area contributed by atoms with Crippen molar-refractivity contribution in [3.05, 3.63) is 24.5 Å². The molecule has 0 saturated heterocycles. The first-order chi connectivity index (χ1) is 9.70. The lowest BCUT2D eigenvalue weighted by atomic mass is 10.1. The standard InChI is InChI=1S/C12H19N7O/c1-3-4-10(12-13-6-8-18(12)2)15-11(20)5-7-19-9-14-16-17-19/h6,8-10H,3-5,7H2,1-2H3,(H,15,20). The van der Waals surface area contributed by atoms with E-state index in [9.17, 15) is 4.79 Å². The van der Waals surface area contributed by atoms with E-state index >= 15 is 0 Å². The van der Waals surface area contributed by atoms with Crippen molar-refractivity contribution in [3.63, 3.8) is 0 Å². The van der Waals surface area contributed by atoms with Crippen molar-refractivity contribution in [2.24, 2.45) is 7.05 Å². The smallest absolute Gasteiger partial charge is 0.222 e. The quantitative estimate of drug-likeness (QED) is 0.793. The molecular weight excluding hydrogens is 258 g/mol. The van der Waals surface area contributed by atoms with Crippen molar-refractivity contribution < 1.29 is 4.79 Å². The van der Waals surface area contributed by atoms with E-state index in [0.717, 1.165) is 18.7 Å². The van der Waals surface area contributed by atoms with Crippen LogP contribution in [0.2, 0.25) is 0 Å². The van der Waals surface area contributed by atoms with Crippen LogP contribution in [0.25, 0.3) is 0 Å². The Morgan fingerprint density at radius 1 is 1.50 bits per heavy atom. The highest BCUT2D eigenvalue weighted by molar-refractivity contribution is 5.76. The molecule has 108 valence electrons. The van der Waals surface area contributed by atoms with Gasteiger partial charge in [-0.05, 0) is 16.8 Å². The SMILES string of the molecule is CCCC(NC(=O)CCn1cnnn1)c1nccn1C. The van der Waals surface area contributed by atoms with E-state index in [4.69, 9.17) is 0 Å². The predicted octanol–water partition coefficient (Wildman–Crippen LogP) is 0.454. The van der Waals surface area contributed by atoms with E-state index in [2.05, 4.69) is 32.7 Å². The van der Waals surface area contributed by atoms with Gasteiger partial charge < -0.3 is 9.88 Å². The second-order valence-corrected chi connectivity index (χ2v) is 4.63. The van der Waals surface area contributed by atoms with Crippen LogP contribution in [0.15, 0.2) is 18.7 Å². The number of aromatic nitrogens is 6. The highest BCUT2D eigenvalue weighted by Crippen LogP contribution is 2.16. The molecule has 1 amide bonds. The molecule has 20 heavy (non-hydrogen) atoms. The number of hydrogen-bond acceptors (Lipinski definition) is 5. The minimum atomic E-state index is -0.0543. The van der Waals surface area contributed by atoms with Gasteiger partial charge in [-0.3, -0.25) is 4.79 Å². The molecule has 8 nitrogen and oxygen atoms in total. The summed E-state index contributed by atoms with van der Waals surface area (Å²) in [5.74, 6) is 0.851. The molecule has 2 rings (SSSR count). The van der Waals surface area contributed by atoms with Crippen LogP contribution in [0.3, 0.4) is 0 Å². The van der Waals surface area contributed by atoms with Gasteiger partial charge in [0.25, 0.3) is 0 Å². The number of carbonyl (C=O) groups excluding carboxylic acids is 1. The van der Waals surface area contributed by atoms with Crippen LogP contribution < -0.4 is 5.32 Å². The second kappa shape index (κ2) is 6.78. The number of tetrazole rings is 1. The minimum absolute atomic E-state index is 0.0260. The van der Waals surface area contributed by atoms with Crippen LogP contribution in [-0.4, -0.2) is 35.7 Å². The molecule has 1 unspecified atom stereocenters. The maximum Gasteiger partial charge on any atom is 0.222 e. The Hall–Kier alpha value is -2.25. The van der Waals surface area contributed by atoms with Crippen molar-refractivity contribution in [1.82, 2.24) is 35.1 Å². The Morgan fingerprint density at radius 2 is 2.35 bits per heavy atom. The fourth-order valence-corrected chi connectivity index (χ4v) is 2.03. The number of amides is 1. The molecule has 1 N–H and O–H groups in total. The van der Waals surface area contributed by atoms with Crippen molar-refractivity contribution in [2.45, 2.75) is 38.8 Å². The second-order valence-electron chi connectivity index (χ2n) is 4.63. The topological polar surface area (TPSA) is 90.5 Å². The van der Waals surface area contributed by atoms with Crippen LogP contribution >= 0.6 is 0 Å². The van der Waals surface area contributed by atoms with Gasteiger partial charge in [0.05, 0.1) is 12.6 Å². The molecule has 0 saturated carbocycles. The number of rotatable bonds is 7. The van der Waals surface area contributed by atoms with Gasteiger partial charge >= 0.3 is 0 Å².